The van der Waals surface area contributed by atoms with E-state index in [0.29, 0.717) is 46.8 Å². The molecule has 152 valence electrons. The Bertz CT molecular complexity index is 955. The molecule has 0 amide bonds. The molecule has 2 aromatic carbocycles. The fraction of sp³-hybridized carbons (Fsp3) is 0.227. The third kappa shape index (κ3) is 6.07. The molecule has 0 atom stereocenters. The second kappa shape index (κ2) is 10.4. The molecule has 4 nitrogen and oxygen atoms in total. The molecule has 1 heterocycles. The molecule has 0 bridgehead atoms. The van der Waals surface area contributed by atoms with E-state index >= 15 is 0 Å². The molecule has 0 spiro atoms. The molecule has 0 aliphatic rings. The first-order valence-corrected chi connectivity index (χ1v) is 9.94. The molecule has 0 fully saturated rings. The summed E-state index contributed by atoms with van der Waals surface area (Å²) in [6.45, 7) is 3.81. The molecule has 0 radical (unpaired) electrons. The lowest BCUT2D eigenvalue weighted by Crippen LogP contribution is -2.13. The number of pyridine rings is 1. The van der Waals surface area contributed by atoms with Crippen LogP contribution in [0.5, 0.6) is 11.5 Å². The van der Waals surface area contributed by atoms with Gasteiger partial charge in [-0.2, -0.15) is 0 Å². The zero-order chi connectivity index (χ0) is 20.6. The molecule has 0 aliphatic carbocycles. The standard InChI is InChI=1S/C22H21Cl2FN2O2/c1-2-28-21-9-16(13-27-12-15-4-3-7-26-11-15)8-20(24)22(21)29-14-17-5-6-18(25)10-19(17)23/h3-11,27H,2,12-14H2,1H3. The van der Waals surface area contributed by atoms with Gasteiger partial charge in [-0.25, -0.2) is 4.39 Å². The van der Waals surface area contributed by atoms with E-state index in [1.807, 2.05) is 37.4 Å². The second-order valence-corrected chi connectivity index (χ2v) is 7.14. The first-order chi connectivity index (χ1) is 14.1. The molecule has 29 heavy (non-hydrogen) atoms. The van der Waals surface area contributed by atoms with Crippen LogP contribution < -0.4 is 14.8 Å². The minimum atomic E-state index is -0.394. The largest absolute Gasteiger partial charge is 0.490 e. The normalized spacial score (nSPS) is 10.8. The monoisotopic (exact) mass is 434 g/mol. The molecule has 3 aromatic rings. The minimum Gasteiger partial charge on any atom is -0.490 e. The van der Waals surface area contributed by atoms with E-state index in [9.17, 15) is 4.39 Å². The smallest absolute Gasteiger partial charge is 0.180 e. The van der Waals surface area contributed by atoms with Crippen molar-refractivity contribution in [3.8, 4) is 11.5 Å². The Labute approximate surface area is 179 Å². The lowest BCUT2D eigenvalue weighted by Gasteiger charge is -2.16. The number of rotatable bonds is 9. The van der Waals surface area contributed by atoms with Gasteiger partial charge in [-0.05, 0) is 48.4 Å². The Morgan fingerprint density at radius 3 is 2.55 bits per heavy atom. The van der Waals surface area contributed by atoms with Crippen LogP contribution in [0.4, 0.5) is 4.39 Å². The number of benzene rings is 2. The molecule has 7 heteroatoms. The molecule has 0 saturated carbocycles. The zero-order valence-corrected chi connectivity index (χ0v) is 17.4. The quantitative estimate of drug-likeness (QED) is 0.462. The van der Waals surface area contributed by atoms with Gasteiger partial charge in [0.25, 0.3) is 0 Å². The van der Waals surface area contributed by atoms with Crippen molar-refractivity contribution < 1.29 is 13.9 Å². The van der Waals surface area contributed by atoms with Gasteiger partial charge in [0.2, 0.25) is 0 Å². The summed E-state index contributed by atoms with van der Waals surface area (Å²) in [6.07, 6.45) is 3.57. The fourth-order valence-electron chi connectivity index (χ4n) is 2.77. The number of aromatic nitrogens is 1. The van der Waals surface area contributed by atoms with Gasteiger partial charge in [-0.15, -0.1) is 0 Å². The van der Waals surface area contributed by atoms with Gasteiger partial charge in [-0.1, -0.05) is 35.3 Å². The minimum absolute atomic E-state index is 0.150. The molecule has 0 aliphatic heterocycles. The Hall–Kier alpha value is -2.34. The lowest BCUT2D eigenvalue weighted by molar-refractivity contribution is 0.269. The van der Waals surface area contributed by atoms with Crippen LogP contribution in [-0.4, -0.2) is 11.6 Å². The Kier molecular flexibility index (Phi) is 7.69. The van der Waals surface area contributed by atoms with Crippen LogP contribution in [0.15, 0.2) is 54.9 Å². The highest BCUT2D eigenvalue weighted by Crippen LogP contribution is 2.37. The Balaban J connectivity index is 1.70. The van der Waals surface area contributed by atoms with Crippen molar-refractivity contribution in [2.75, 3.05) is 6.61 Å². The van der Waals surface area contributed by atoms with Crippen LogP contribution in [-0.2, 0) is 19.7 Å². The van der Waals surface area contributed by atoms with E-state index in [1.54, 1.807) is 12.3 Å². The van der Waals surface area contributed by atoms with Crippen LogP contribution in [0, 0.1) is 5.82 Å². The average molecular weight is 435 g/mol. The summed E-state index contributed by atoms with van der Waals surface area (Å²) in [7, 11) is 0. The van der Waals surface area contributed by atoms with Crippen LogP contribution in [0.2, 0.25) is 10.0 Å². The molecular weight excluding hydrogens is 414 g/mol. The van der Waals surface area contributed by atoms with Crippen LogP contribution >= 0.6 is 23.2 Å². The summed E-state index contributed by atoms with van der Waals surface area (Å²) in [5, 5.41) is 4.10. The van der Waals surface area contributed by atoms with E-state index < -0.39 is 5.82 Å². The predicted molar refractivity (Wildman–Crippen MR) is 113 cm³/mol. The van der Waals surface area contributed by atoms with Crippen molar-refractivity contribution in [1.82, 2.24) is 10.3 Å². The second-order valence-electron chi connectivity index (χ2n) is 6.33. The van der Waals surface area contributed by atoms with Crippen molar-refractivity contribution >= 4 is 23.2 Å². The highest BCUT2D eigenvalue weighted by Gasteiger charge is 2.14. The molecule has 0 unspecified atom stereocenters. The molecular formula is C22H21Cl2FN2O2. The summed E-state index contributed by atoms with van der Waals surface area (Å²) in [5.41, 5.74) is 2.73. The van der Waals surface area contributed by atoms with Gasteiger partial charge in [-0.3, -0.25) is 4.98 Å². The van der Waals surface area contributed by atoms with Gasteiger partial charge in [0.1, 0.15) is 12.4 Å². The van der Waals surface area contributed by atoms with Crippen molar-refractivity contribution in [1.29, 1.82) is 0 Å². The van der Waals surface area contributed by atoms with E-state index in [0.717, 1.165) is 11.1 Å². The number of hydrogen-bond donors (Lipinski definition) is 1. The van der Waals surface area contributed by atoms with E-state index in [-0.39, 0.29) is 6.61 Å². The first-order valence-electron chi connectivity index (χ1n) is 9.18. The highest BCUT2D eigenvalue weighted by atomic mass is 35.5. The van der Waals surface area contributed by atoms with Crippen LogP contribution in [0.25, 0.3) is 0 Å². The van der Waals surface area contributed by atoms with Crippen LogP contribution in [0.1, 0.15) is 23.6 Å². The van der Waals surface area contributed by atoms with Gasteiger partial charge >= 0.3 is 0 Å². The van der Waals surface area contributed by atoms with Gasteiger partial charge in [0, 0.05) is 31.0 Å². The number of nitrogens with one attached hydrogen (secondary N) is 1. The Morgan fingerprint density at radius 2 is 1.83 bits per heavy atom. The van der Waals surface area contributed by atoms with Crippen molar-refractivity contribution in [2.24, 2.45) is 0 Å². The van der Waals surface area contributed by atoms with Gasteiger partial charge in [0.05, 0.1) is 16.7 Å². The van der Waals surface area contributed by atoms with Gasteiger partial charge in [0.15, 0.2) is 11.5 Å². The maximum absolute atomic E-state index is 13.2. The maximum atomic E-state index is 13.2. The van der Waals surface area contributed by atoms with Crippen molar-refractivity contribution in [3.63, 3.8) is 0 Å². The van der Waals surface area contributed by atoms with Crippen molar-refractivity contribution in [2.45, 2.75) is 26.6 Å². The summed E-state index contributed by atoms with van der Waals surface area (Å²) < 4.78 is 24.8. The predicted octanol–water partition coefficient (Wildman–Crippen LogP) is 5.80. The topological polar surface area (TPSA) is 43.4 Å². The summed E-state index contributed by atoms with van der Waals surface area (Å²) in [5.74, 6) is 0.594. The Morgan fingerprint density at radius 1 is 1.00 bits per heavy atom. The summed E-state index contributed by atoms with van der Waals surface area (Å²) >= 11 is 12.5. The third-order valence-corrected chi connectivity index (χ3v) is 4.77. The third-order valence-electron chi connectivity index (χ3n) is 4.14. The van der Waals surface area contributed by atoms with Crippen LogP contribution in [0.3, 0.4) is 0 Å². The average Bonchev–Trinajstić information content (AvgIpc) is 2.70. The first kappa shape index (κ1) is 21.4. The summed E-state index contributed by atoms with van der Waals surface area (Å²) in [6, 6.07) is 11.8. The van der Waals surface area contributed by atoms with Gasteiger partial charge < -0.3 is 14.8 Å². The molecule has 1 aromatic heterocycles. The van der Waals surface area contributed by atoms with E-state index in [2.05, 4.69) is 10.3 Å². The molecule has 3 rings (SSSR count). The number of ether oxygens (including phenoxy) is 2. The van der Waals surface area contributed by atoms with E-state index in [4.69, 9.17) is 32.7 Å². The fourth-order valence-corrected chi connectivity index (χ4v) is 3.28. The zero-order valence-electron chi connectivity index (χ0n) is 15.9. The number of hydrogen-bond acceptors (Lipinski definition) is 4. The number of nitrogens with zero attached hydrogens (tertiary/aromatic N) is 1. The lowest BCUT2D eigenvalue weighted by atomic mass is 10.2. The number of halogens is 3. The SMILES string of the molecule is CCOc1cc(CNCc2cccnc2)cc(Cl)c1OCc1ccc(F)cc1Cl. The molecule has 0 saturated heterocycles. The maximum Gasteiger partial charge on any atom is 0.180 e. The summed E-state index contributed by atoms with van der Waals surface area (Å²) in [4.78, 5) is 4.10. The highest BCUT2D eigenvalue weighted by molar-refractivity contribution is 6.32. The molecule has 1 N–H and O–H groups in total. The van der Waals surface area contributed by atoms with Crippen molar-refractivity contribution in [3.05, 3.63) is 87.4 Å². The van der Waals surface area contributed by atoms with E-state index in [1.165, 1.54) is 12.1 Å².